The van der Waals surface area contributed by atoms with E-state index in [1.165, 1.54) is 21.3 Å². The number of carbonyl (C=O) groups is 1. The predicted octanol–water partition coefficient (Wildman–Crippen LogP) is 0.534. The van der Waals surface area contributed by atoms with Crippen LogP contribution in [0, 0.1) is 0 Å². The van der Waals surface area contributed by atoms with Gasteiger partial charge in [-0.3, -0.25) is 12.5 Å². The summed E-state index contributed by atoms with van der Waals surface area (Å²) in [5.41, 5.74) is 4.90. The summed E-state index contributed by atoms with van der Waals surface area (Å²) < 4.78 is 15.4. The van der Waals surface area contributed by atoms with Crippen molar-refractivity contribution >= 4 is 16.9 Å². The summed E-state index contributed by atoms with van der Waals surface area (Å²) >= 11 is 0. The van der Waals surface area contributed by atoms with Crippen molar-refractivity contribution in [2.24, 2.45) is 5.73 Å². The van der Waals surface area contributed by atoms with Gasteiger partial charge < -0.3 is 11.1 Å². The van der Waals surface area contributed by atoms with E-state index in [1.807, 2.05) is 0 Å². The van der Waals surface area contributed by atoms with Gasteiger partial charge in [0.05, 0.1) is 32.2 Å². The zero-order valence-electron chi connectivity index (χ0n) is 8.74. The molecule has 2 amide bonds. The highest BCUT2D eigenvalue weighted by atomic mass is 32.3. The Morgan fingerprint density at radius 1 is 1.29 bits per heavy atom. The van der Waals surface area contributed by atoms with E-state index >= 15 is 0 Å². The molecule has 0 heterocycles. The number of primary amides is 1. The predicted molar refractivity (Wildman–Crippen MR) is 55.7 cm³/mol. The van der Waals surface area contributed by atoms with Gasteiger partial charge in [-0.05, 0) is 6.42 Å². The van der Waals surface area contributed by atoms with Crippen LogP contribution in [0.5, 0.6) is 0 Å². The van der Waals surface area contributed by atoms with Gasteiger partial charge in [-0.15, -0.1) is 0 Å². The lowest BCUT2D eigenvalue weighted by Gasteiger charge is -2.33. The second kappa shape index (κ2) is 6.88. The molecule has 0 aromatic carbocycles. The van der Waals surface area contributed by atoms with Crippen LogP contribution in [0.2, 0.25) is 0 Å². The number of amides is 2. The molecule has 0 aromatic heterocycles. The molecule has 0 unspecified atom stereocenters. The molecular formula is C7H18N2O4S. The molecule has 3 N–H and O–H groups in total. The number of carbonyl (C=O) groups excluding carboxylic acids is 1. The van der Waals surface area contributed by atoms with E-state index in [2.05, 4.69) is 5.32 Å². The fraction of sp³-hybridized carbons (Fsp3) is 0.857. The second-order valence-corrected chi connectivity index (χ2v) is 4.93. The molecule has 6 nitrogen and oxygen atoms in total. The Morgan fingerprint density at radius 2 is 1.79 bits per heavy atom. The summed E-state index contributed by atoms with van der Waals surface area (Å²) in [6, 6.07) is -0.530. The molecule has 0 saturated carbocycles. The topological polar surface area (TPSA) is 82.8 Å². The van der Waals surface area contributed by atoms with Gasteiger partial charge in [0.1, 0.15) is 0 Å². The van der Waals surface area contributed by atoms with Crippen LogP contribution in [-0.4, -0.2) is 39.7 Å². The number of nitrogens with one attached hydrogen (secondary N) is 1. The molecule has 0 atom stereocenters. The molecule has 0 aliphatic rings. The standard InChI is InChI=1S/C7H18N2O4S/c1-11-14(12-2,13-3)6-4-5-9-7(8)10/h4-6H2,1-3H3,(H3,8,9,10). The summed E-state index contributed by atoms with van der Waals surface area (Å²) in [5.74, 6) is 0.594. The van der Waals surface area contributed by atoms with E-state index in [0.29, 0.717) is 18.7 Å². The number of nitrogens with two attached hydrogens (primary N) is 1. The van der Waals surface area contributed by atoms with Crippen molar-refractivity contribution in [1.29, 1.82) is 0 Å². The summed E-state index contributed by atoms with van der Waals surface area (Å²) in [5, 5.41) is 2.48. The van der Waals surface area contributed by atoms with Gasteiger partial charge >= 0.3 is 6.03 Å². The molecule has 86 valence electrons. The number of urea groups is 1. The zero-order chi connectivity index (χ0) is 11.0. The van der Waals surface area contributed by atoms with Crippen LogP contribution in [0.25, 0.3) is 0 Å². The van der Waals surface area contributed by atoms with Gasteiger partial charge in [-0.25, -0.2) is 4.79 Å². The fourth-order valence-corrected chi connectivity index (χ4v) is 2.32. The molecule has 0 spiro atoms. The molecule has 0 rings (SSSR count). The monoisotopic (exact) mass is 226 g/mol. The maximum absolute atomic E-state index is 10.4. The quantitative estimate of drug-likeness (QED) is 0.620. The molecular weight excluding hydrogens is 208 g/mol. The lowest BCUT2D eigenvalue weighted by atomic mass is 10.5. The summed E-state index contributed by atoms with van der Waals surface area (Å²) in [6.07, 6.45) is 0.688. The van der Waals surface area contributed by atoms with Gasteiger partial charge in [-0.1, -0.05) is 0 Å². The van der Waals surface area contributed by atoms with Crippen LogP contribution in [0.1, 0.15) is 6.42 Å². The Morgan fingerprint density at radius 3 is 2.14 bits per heavy atom. The molecule has 0 bridgehead atoms. The largest absolute Gasteiger partial charge is 0.352 e. The maximum Gasteiger partial charge on any atom is 0.312 e. The molecule has 7 heteroatoms. The number of hydrogen-bond acceptors (Lipinski definition) is 4. The number of rotatable bonds is 7. The van der Waals surface area contributed by atoms with E-state index in [0.717, 1.165) is 0 Å². The Bertz CT molecular complexity index is 167. The van der Waals surface area contributed by atoms with Crippen molar-refractivity contribution < 1.29 is 17.3 Å². The van der Waals surface area contributed by atoms with Gasteiger partial charge in [0.2, 0.25) is 0 Å². The average Bonchev–Trinajstić information content (AvgIpc) is 2.19. The Hall–Kier alpha value is -0.500. The van der Waals surface area contributed by atoms with Crippen molar-refractivity contribution in [3.63, 3.8) is 0 Å². The highest BCUT2D eigenvalue weighted by molar-refractivity contribution is 8.21. The first-order valence-corrected chi connectivity index (χ1v) is 5.69. The highest BCUT2D eigenvalue weighted by Crippen LogP contribution is 2.49. The van der Waals surface area contributed by atoms with E-state index in [4.69, 9.17) is 18.3 Å². The first kappa shape index (κ1) is 13.5. The van der Waals surface area contributed by atoms with Crippen molar-refractivity contribution in [1.82, 2.24) is 5.32 Å². The van der Waals surface area contributed by atoms with Crippen LogP contribution in [0.4, 0.5) is 4.79 Å². The van der Waals surface area contributed by atoms with E-state index in [9.17, 15) is 4.79 Å². The normalized spacial score (nSPS) is 12.5. The Kier molecular flexibility index (Phi) is 6.64. The number of hydrogen-bond donors (Lipinski definition) is 2. The minimum Gasteiger partial charge on any atom is -0.352 e. The van der Waals surface area contributed by atoms with Gasteiger partial charge in [0.25, 0.3) is 0 Å². The molecule has 0 aliphatic heterocycles. The van der Waals surface area contributed by atoms with Crippen molar-refractivity contribution in [2.45, 2.75) is 6.42 Å². The molecule has 0 aromatic rings. The minimum atomic E-state index is -1.90. The first-order chi connectivity index (χ1) is 6.60. The maximum atomic E-state index is 10.4. The fourth-order valence-electron chi connectivity index (χ4n) is 0.915. The smallest absolute Gasteiger partial charge is 0.312 e. The Balaban J connectivity index is 3.77. The summed E-state index contributed by atoms with van der Waals surface area (Å²) in [6.45, 7) is 0.486. The molecule has 0 aliphatic carbocycles. The Labute approximate surface area is 86.0 Å². The lowest BCUT2D eigenvalue weighted by molar-refractivity contribution is 0.244. The van der Waals surface area contributed by atoms with Crippen molar-refractivity contribution in [3.05, 3.63) is 0 Å². The lowest BCUT2D eigenvalue weighted by Crippen LogP contribution is -2.31. The minimum absolute atomic E-state index is 0.486. The first-order valence-electron chi connectivity index (χ1n) is 4.11. The summed E-state index contributed by atoms with van der Waals surface area (Å²) in [7, 11) is 2.69. The SMILES string of the molecule is COS(CCCNC(N)=O)(OC)OC. The van der Waals surface area contributed by atoms with Gasteiger partial charge in [-0.2, -0.15) is 0 Å². The van der Waals surface area contributed by atoms with E-state index in [-0.39, 0.29) is 0 Å². The third-order valence-corrected chi connectivity index (χ3v) is 3.94. The van der Waals surface area contributed by atoms with Gasteiger partial charge in [0, 0.05) is 12.3 Å². The van der Waals surface area contributed by atoms with Crippen LogP contribution >= 0.6 is 10.9 Å². The molecule has 0 fully saturated rings. The van der Waals surface area contributed by atoms with Crippen LogP contribution < -0.4 is 11.1 Å². The third-order valence-electron chi connectivity index (χ3n) is 1.63. The van der Waals surface area contributed by atoms with Crippen LogP contribution in [0.3, 0.4) is 0 Å². The third kappa shape index (κ3) is 4.66. The average molecular weight is 226 g/mol. The van der Waals surface area contributed by atoms with Crippen LogP contribution in [0.15, 0.2) is 0 Å². The van der Waals surface area contributed by atoms with Crippen LogP contribution in [-0.2, 0) is 12.5 Å². The highest BCUT2D eigenvalue weighted by Gasteiger charge is 2.21. The van der Waals surface area contributed by atoms with Crippen molar-refractivity contribution in [2.75, 3.05) is 33.6 Å². The van der Waals surface area contributed by atoms with Crippen molar-refractivity contribution in [3.8, 4) is 0 Å². The molecule has 14 heavy (non-hydrogen) atoms. The zero-order valence-corrected chi connectivity index (χ0v) is 9.56. The van der Waals surface area contributed by atoms with E-state index in [1.54, 1.807) is 0 Å². The van der Waals surface area contributed by atoms with Gasteiger partial charge in [0.15, 0.2) is 0 Å². The summed E-state index contributed by atoms with van der Waals surface area (Å²) in [4.78, 5) is 10.4. The molecule has 0 saturated heterocycles. The second-order valence-electron chi connectivity index (χ2n) is 2.41. The van der Waals surface area contributed by atoms with E-state index < -0.39 is 16.9 Å². The molecule has 0 radical (unpaired) electrons.